The highest BCUT2D eigenvalue weighted by atomic mass is 16.5. The molecular formula is C12H19NO3. The molecule has 0 aromatic heterocycles. The number of benzene rings is 1. The zero-order chi connectivity index (χ0) is 12.3. The van der Waals surface area contributed by atoms with Crippen molar-refractivity contribution < 1.29 is 14.6 Å². The van der Waals surface area contributed by atoms with Gasteiger partial charge in [0.1, 0.15) is 17.1 Å². The van der Waals surface area contributed by atoms with Crippen LogP contribution >= 0.6 is 0 Å². The van der Waals surface area contributed by atoms with E-state index in [0.29, 0.717) is 17.1 Å². The first-order chi connectivity index (χ1) is 7.46. The molecule has 0 saturated heterocycles. The Labute approximate surface area is 96.0 Å². The van der Waals surface area contributed by atoms with Crippen molar-refractivity contribution in [3.8, 4) is 11.5 Å². The molecule has 0 fully saturated rings. The lowest BCUT2D eigenvalue weighted by Crippen LogP contribution is -2.32. The molecule has 0 radical (unpaired) electrons. The van der Waals surface area contributed by atoms with E-state index in [9.17, 15) is 5.11 Å². The van der Waals surface area contributed by atoms with Crippen LogP contribution in [-0.2, 0) is 5.60 Å². The summed E-state index contributed by atoms with van der Waals surface area (Å²) in [4.78, 5) is 0. The normalized spacial score (nSPS) is 14.4. The first-order valence-corrected chi connectivity index (χ1v) is 5.11. The van der Waals surface area contributed by atoms with Crippen molar-refractivity contribution in [1.82, 2.24) is 0 Å². The summed E-state index contributed by atoms with van der Waals surface area (Å²) in [7, 11) is 3.12. The van der Waals surface area contributed by atoms with Gasteiger partial charge in [-0.2, -0.15) is 0 Å². The average Bonchev–Trinajstić information content (AvgIpc) is 2.27. The number of hydrogen-bond acceptors (Lipinski definition) is 4. The third-order valence-electron chi connectivity index (χ3n) is 2.59. The topological polar surface area (TPSA) is 64.7 Å². The van der Waals surface area contributed by atoms with Gasteiger partial charge in [0.2, 0.25) is 0 Å². The molecule has 4 nitrogen and oxygen atoms in total. The summed E-state index contributed by atoms with van der Waals surface area (Å²) in [5.74, 6) is 1.18. The van der Waals surface area contributed by atoms with Crippen molar-refractivity contribution in [2.45, 2.75) is 19.4 Å². The molecule has 0 aliphatic carbocycles. The van der Waals surface area contributed by atoms with Crippen LogP contribution in [0.4, 0.5) is 0 Å². The second kappa shape index (κ2) is 4.72. The summed E-state index contributed by atoms with van der Waals surface area (Å²) in [6.45, 7) is 3.68. The van der Waals surface area contributed by atoms with E-state index < -0.39 is 5.60 Å². The molecule has 16 heavy (non-hydrogen) atoms. The number of hydrogen-bond donors (Lipinski definition) is 2. The number of aliphatic hydroxyl groups is 1. The lowest BCUT2D eigenvalue weighted by molar-refractivity contribution is 0.0612. The van der Waals surface area contributed by atoms with Crippen LogP contribution in [0, 0.1) is 6.92 Å². The van der Waals surface area contributed by atoms with E-state index >= 15 is 0 Å². The number of nitrogens with two attached hydrogens (primary N) is 1. The summed E-state index contributed by atoms with van der Waals surface area (Å²) < 4.78 is 10.5. The molecule has 0 aliphatic rings. The Morgan fingerprint density at radius 2 is 1.69 bits per heavy atom. The van der Waals surface area contributed by atoms with Gasteiger partial charge in [-0.25, -0.2) is 0 Å². The highest BCUT2D eigenvalue weighted by Crippen LogP contribution is 2.38. The summed E-state index contributed by atoms with van der Waals surface area (Å²) in [5, 5.41) is 10.2. The Morgan fingerprint density at radius 1 is 1.25 bits per heavy atom. The second-order valence-electron chi connectivity index (χ2n) is 4.02. The fourth-order valence-electron chi connectivity index (χ4n) is 1.68. The molecule has 1 rings (SSSR count). The van der Waals surface area contributed by atoms with Gasteiger partial charge in [-0.05, 0) is 31.5 Å². The van der Waals surface area contributed by atoms with Crippen molar-refractivity contribution in [2.75, 3.05) is 20.8 Å². The summed E-state index contributed by atoms with van der Waals surface area (Å²) in [6, 6.07) is 3.70. The Hall–Kier alpha value is -1.26. The van der Waals surface area contributed by atoms with E-state index in [1.54, 1.807) is 21.1 Å². The molecule has 0 amide bonds. The first kappa shape index (κ1) is 12.8. The maximum atomic E-state index is 10.2. The molecule has 1 aromatic carbocycles. The van der Waals surface area contributed by atoms with Gasteiger partial charge in [0.25, 0.3) is 0 Å². The standard InChI is InChI=1S/C12H19NO3/c1-8-5-9(15-3)11(10(6-8)16-4)12(2,14)7-13/h5-6,14H,7,13H2,1-4H3. The lowest BCUT2D eigenvalue weighted by Gasteiger charge is -2.26. The van der Waals surface area contributed by atoms with Crippen LogP contribution in [0.25, 0.3) is 0 Å². The van der Waals surface area contributed by atoms with Gasteiger partial charge in [0.15, 0.2) is 0 Å². The molecular weight excluding hydrogens is 206 g/mol. The van der Waals surface area contributed by atoms with Crippen molar-refractivity contribution in [1.29, 1.82) is 0 Å². The lowest BCUT2D eigenvalue weighted by atomic mass is 9.93. The predicted molar refractivity (Wildman–Crippen MR) is 62.9 cm³/mol. The van der Waals surface area contributed by atoms with Crippen molar-refractivity contribution in [3.63, 3.8) is 0 Å². The molecule has 0 saturated carbocycles. The fourth-order valence-corrected chi connectivity index (χ4v) is 1.68. The minimum atomic E-state index is -1.16. The van der Waals surface area contributed by atoms with Crippen LogP contribution < -0.4 is 15.2 Å². The summed E-state index contributed by atoms with van der Waals surface area (Å²) in [5.41, 5.74) is 5.99. The van der Waals surface area contributed by atoms with Crippen LogP contribution in [0.5, 0.6) is 11.5 Å². The third-order valence-corrected chi connectivity index (χ3v) is 2.59. The van der Waals surface area contributed by atoms with E-state index in [1.165, 1.54) is 0 Å². The maximum absolute atomic E-state index is 10.2. The molecule has 0 bridgehead atoms. The Bertz CT molecular complexity index is 350. The Kier molecular flexibility index (Phi) is 3.78. The third kappa shape index (κ3) is 2.28. The number of rotatable bonds is 4. The van der Waals surface area contributed by atoms with Crippen LogP contribution in [0.2, 0.25) is 0 Å². The monoisotopic (exact) mass is 225 g/mol. The van der Waals surface area contributed by atoms with E-state index in [-0.39, 0.29) is 6.54 Å². The minimum Gasteiger partial charge on any atom is -0.496 e. The summed E-state index contributed by atoms with van der Waals surface area (Å²) in [6.07, 6.45) is 0. The molecule has 0 aliphatic heterocycles. The zero-order valence-electron chi connectivity index (χ0n) is 10.2. The van der Waals surface area contributed by atoms with Crippen LogP contribution in [-0.4, -0.2) is 25.9 Å². The second-order valence-corrected chi connectivity index (χ2v) is 4.02. The van der Waals surface area contributed by atoms with E-state index in [0.717, 1.165) is 5.56 Å². The maximum Gasteiger partial charge on any atom is 0.128 e. The van der Waals surface area contributed by atoms with Gasteiger partial charge in [-0.1, -0.05) is 0 Å². The largest absolute Gasteiger partial charge is 0.496 e. The summed E-state index contributed by atoms with van der Waals surface area (Å²) >= 11 is 0. The highest BCUT2D eigenvalue weighted by molar-refractivity contribution is 5.51. The number of aryl methyl sites for hydroxylation is 1. The molecule has 3 N–H and O–H groups in total. The van der Waals surface area contributed by atoms with E-state index in [1.807, 2.05) is 19.1 Å². The smallest absolute Gasteiger partial charge is 0.128 e. The van der Waals surface area contributed by atoms with Crippen LogP contribution in [0.3, 0.4) is 0 Å². The van der Waals surface area contributed by atoms with Crippen LogP contribution in [0.15, 0.2) is 12.1 Å². The molecule has 0 heterocycles. The average molecular weight is 225 g/mol. The fraction of sp³-hybridized carbons (Fsp3) is 0.500. The van der Waals surface area contributed by atoms with Gasteiger partial charge in [0.05, 0.1) is 19.8 Å². The SMILES string of the molecule is COc1cc(C)cc(OC)c1C(C)(O)CN. The molecule has 1 unspecified atom stereocenters. The molecule has 4 heteroatoms. The minimum absolute atomic E-state index is 0.1000. The quantitative estimate of drug-likeness (QED) is 0.807. The van der Waals surface area contributed by atoms with Crippen molar-refractivity contribution in [3.05, 3.63) is 23.3 Å². The number of ether oxygens (including phenoxy) is 2. The van der Waals surface area contributed by atoms with Gasteiger partial charge in [-0.3, -0.25) is 0 Å². The van der Waals surface area contributed by atoms with E-state index in [2.05, 4.69) is 0 Å². The first-order valence-electron chi connectivity index (χ1n) is 5.11. The predicted octanol–water partition coefficient (Wildman–Crippen LogP) is 1.18. The Morgan fingerprint density at radius 3 is 2.00 bits per heavy atom. The molecule has 1 atom stereocenters. The van der Waals surface area contributed by atoms with Gasteiger partial charge in [-0.15, -0.1) is 0 Å². The van der Waals surface area contributed by atoms with Crippen molar-refractivity contribution >= 4 is 0 Å². The zero-order valence-corrected chi connectivity index (χ0v) is 10.2. The van der Waals surface area contributed by atoms with Gasteiger partial charge in [0, 0.05) is 6.54 Å². The van der Waals surface area contributed by atoms with Gasteiger partial charge >= 0.3 is 0 Å². The van der Waals surface area contributed by atoms with Gasteiger partial charge < -0.3 is 20.3 Å². The van der Waals surface area contributed by atoms with E-state index in [4.69, 9.17) is 15.2 Å². The van der Waals surface area contributed by atoms with Crippen LogP contribution in [0.1, 0.15) is 18.1 Å². The van der Waals surface area contributed by atoms with Crippen molar-refractivity contribution in [2.24, 2.45) is 5.73 Å². The Balaban J connectivity index is 3.44. The highest BCUT2D eigenvalue weighted by Gasteiger charge is 2.29. The number of methoxy groups -OCH3 is 2. The molecule has 90 valence electrons. The molecule has 1 aromatic rings. The molecule has 0 spiro atoms.